The molecular formula is C14H19N5O. The first-order chi connectivity index (χ1) is 9.70. The lowest BCUT2D eigenvalue weighted by Gasteiger charge is -2.07. The number of hydrogen-bond acceptors (Lipinski definition) is 4. The van der Waals surface area contributed by atoms with Gasteiger partial charge in [-0.05, 0) is 30.7 Å². The van der Waals surface area contributed by atoms with Crippen LogP contribution in [0.15, 0.2) is 30.6 Å². The van der Waals surface area contributed by atoms with Gasteiger partial charge in [0.25, 0.3) is 5.91 Å². The molecule has 0 radical (unpaired) electrons. The highest BCUT2D eigenvalue weighted by Gasteiger charge is 2.07. The maximum atomic E-state index is 12.0. The van der Waals surface area contributed by atoms with Crippen molar-refractivity contribution in [2.24, 2.45) is 7.05 Å². The lowest BCUT2D eigenvalue weighted by molar-refractivity contribution is 0.0949. The molecule has 0 aliphatic carbocycles. The second-order valence-corrected chi connectivity index (χ2v) is 4.54. The predicted molar refractivity (Wildman–Crippen MR) is 77.4 cm³/mol. The van der Waals surface area contributed by atoms with Crippen LogP contribution < -0.4 is 10.6 Å². The quantitative estimate of drug-likeness (QED) is 0.838. The van der Waals surface area contributed by atoms with Crippen LogP contribution in [0.4, 0.5) is 5.69 Å². The second kappa shape index (κ2) is 6.70. The van der Waals surface area contributed by atoms with Gasteiger partial charge < -0.3 is 15.2 Å². The molecular weight excluding hydrogens is 254 g/mol. The maximum Gasteiger partial charge on any atom is 0.251 e. The summed E-state index contributed by atoms with van der Waals surface area (Å²) in [4.78, 5) is 12.0. The molecule has 0 saturated carbocycles. The summed E-state index contributed by atoms with van der Waals surface area (Å²) in [6.45, 7) is 3.41. The topological polar surface area (TPSA) is 71.8 Å². The number of anilines is 1. The molecule has 1 amide bonds. The van der Waals surface area contributed by atoms with E-state index in [1.165, 1.54) is 0 Å². The summed E-state index contributed by atoms with van der Waals surface area (Å²) in [5.74, 6) is 0.606. The molecule has 0 spiro atoms. The minimum Gasteiger partial charge on any atom is -0.385 e. The lowest BCUT2D eigenvalue weighted by atomic mass is 10.2. The number of nitrogens with one attached hydrogen (secondary N) is 2. The fourth-order valence-corrected chi connectivity index (χ4v) is 1.74. The van der Waals surface area contributed by atoms with Crippen LogP contribution in [0.1, 0.15) is 29.5 Å². The summed E-state index contributed by atoms with van der Waals surface area (Å²) in [5, 5.41) is 13.8. The first kappa shape index (κ1) is 14.0. The summed E-state index contributed by atoms with van der Waals surface area (Å²) < 4.78 is 1.78. The van der Waals surface area contributed by atoms with E-state index < -0.39 is 0 Å². The van der Waals surface area contributed by atoms with Crippen molar-refractivity contribution in [3.8, 4) is 0 Å². The monoisotopic (exact) mass is 273 g/mol. The first-order valence-corrected chi connectivity index (χ1v) is 6.65. The average molecular weight is 273 g/mol. The summed E-state index contributed by atoms with van der Waals surface area (Å²) >= 11 is 0. The maximum absolute atomic E-state index is 12.0. The molecule has 0 aliphatic heterocycles. The van der Waals surface area contributed by atoms with E-state index in [1.807, 2.05) is 31.3 Å². The molecule has 0 unspecified atom stereocenters. The van der Waals surface area contributed by atoms with Crippen molar-refractivity contribution < 1.29 is 4.79 Å². The number of benzene rings is 1. The van der Waals surface area contributed by atoms with E-state index in [9.17, 15) is 4.79 Å². The van der Waals surface area contributed by atoms with E-state index in [0.717, 1.165) is 24.5 Å². The lowest BCUT2D eigenvalue weighted by Crippen LogP contribution is -2.24. The van der Waals surface area contributed by atoms with E-state index in [1.54, 1.807) is 10.9 Å². The van der Waals surface area contributed by atoms with Crippen LogP contribution >= 0.6 is 0 Å². The Labute approximate surface area is 118 Å². The van der Waals surface area contributed by atoms with Gasteiger partial charge in [-0.2, -0.15) is 0 Å². The molecule has 0 aliphatic rings. The summed E-state index contributed by atoms with van der Waals surface area (Å²) in [5.41, 5.74) is 1.66. The van der Waals surface area contributed by atoms with Gasteiger partial charge in [-0.15, -0.1) is 10.2 Å². The molecule has 6 heteroatoms. The SMILES string of the molecule is CCCNc1ccc(C(=O)NCc2nncn2C)cc1. The van der Waals surface area contributed by atoms with Gasteiger partial charge in [0.2, 0.25) is 0 Å². The molecule has 106 valence electrons. The Morgan fingerprint density at radius 2 is 2.05 bits per heavy atom. The number of hydrogen-bond donors (Lipinski definition) is 2. The normalized spacial score (nSPS) is 10.3. The zero-order chi connectivity index (χ0) is 14.4. The average Bonchev–Trinajstić information content (AvgIpc) is 2.88. The van der Waals surface area contributed by atoms with Gasteiger partial charge in [-0.3, -0.25) is 4.79 Å². The Morgan fingerprint density at radius 3 is 2.65 bits per heavy atom. The van der Waals surface area contributed by atoms with Crippen LogP contribution in [-0.2, 0) is 13.6 Å². The smallest absolute Gasteiger partial charge is 0.251 e. The Hall–Kier alpha value is -2.37. The largest absolute Gasteiger partial charge is 0.385 e. The molecule has 0 bridgehead atoms. The van der Waals surface area contributed by atoms with Crippen LogP contribution in [-0.4, -0.2) is 27.2 Å². The minimum absolute atomic E-state index is 0.116. The molecule has 1 aromatic carbocycles. The van der Waals surface area contributed by atoms with Gasteiger partial charge in [0.05, 0.1) is 6.54 Å². The highest BCUT2D eigenvalue weighted by molar-refractivity contribution is 5.94. The summed E-state index contributed by atoms with van der Waals surface area (Å²) in [6.07, 6.45) is 2.68. The van der Waals surface area contributed by atoms with E-state index in [-0.39, 0.29) is 5.91 Å². The molecule has 0 atom stereocenters. The van der Waals surface area contributed by atoms with E-state index in [0.29, 0.717) is 12.1 Å². The van der Waals surface area contributed by atoms with E-state index >= 15 is 0 Å². The zero-order valence-electron chi connectivity index (χ0n) is 11.8. The van der Waals surface area contributed by atoms with Crippen LogP contribution in [0.2, 0.25) is 0 Å². The molecule has 20 heavy (non-hydrogen) atoms. The number of carbonyl (C=O) groups excluding carboxylic acids is 1. The van der Waals surface area contributed by atoms with Crippen molar-refractivity contribution in [1.29, 1.82) is 0 Å². The van der Waals surface area contributed by atoms with Crippen molar-refractivity contribution in [3.05, 3.63) is 42.0 Å². The van der Waals surface area contributed by atoms with Crippen molar-refractivity contribution in [2.45, 2.75) is 19.9 Å². The molecule has 2 rings (SSSR count). The highest BCUT2D eigenvalue weighted by atomic mass is 16.1. The van der Waals surface area contributed by atoms with Crippen molar-refractivity contribution in [3.63, 3.8) is 0 Å². The zero-order valence-corrected chi connectivity index (χ0v) is 11.8. The standard InChI is InChI=1S/C14H19N5O/c1-3-8-15-12-6-4-11(5-7-12)14(20)16-9-13-18-17-10-19(13)2/h4-7,10,15H,3,8-9H2,1-2H3,(H,16,20). The molecule has 1 heterocycles. The van der Waals surface area contributed by atoms with E-state index in [4.69, 9.17) is 0 Å². The second-order valence-electron chi connectivity index (χ2n) is 4.54. The Kier molecular flexibility index (Phi) is 4.70. The Morgan fingerprint density at radius 1 is 1.30 bits per heavy atom. The van der Waals surface area contributed by atoms with Crippen molar-refractivity contribution in [1.82, 2.24) is 20.1 Å². The minimum atomic E-state index is -0.116. The molecule has 1 aromatic heterocycles. The number of aromatic nitrogens is 3. The third kappa shape index (κ3) is 3.57. The molecule has 0 fully saturated rings. The van der Waals surface area contributed by atoms with Crippen LogP contribution in [0.3, 0.4) is 0 Å². The van der Waals surface area contributed by atoms with Crippen molar-refractivity contribution >= 4 is 11.6 Å². The van der Waals surface area contributed by atoms with E-state index in [2.05, 4.69) is 27.8 Å². The van der Waals surface area contributed by atoms with Gasteiger partial charge in [-0.25, -0.2) is 0 Å². The van der Waals surface area contributed by atoms with Crippen LogP contribution in [0.25, 0.3) is 0 Å². The van der Waals surface area contributed by atoms with Gasteiger partial charge in [0.1, 0.15) is 6.33 Å². The Bertz CT molecular complexity index is 561. The first-order valence-electron chi connectivity index (χ1n) is 6.65. The molecule has 0 saturated heterocycles. The molecule has 2 aromatic rings. The van der Waals surface area contributed by atoms with Gasteiger partial charge in [0.15, 0.2) is 5.82 Å². The number of rotatable bonds is 6. The van der Waals surface area contributed by atoms with Gasteiger partial charge in [-0.1, -0.05) is 6.92 Å². The van der Waals surface area contributed by atoms with Gasteiger partial charge in [0, 0.05) is 24.8 Å². The van der Waals surface area contributed by atoms with Crippen LogP contribution in [0.5, 0.6) is 0 Å². The van der Waals surface area contributed by atoms with Crippen molar-refractivity contribution in [2.75, 3.05) is 11.9 Å². The molecule has 2 N–H and O–H groups in total. The number of amides is 1. The summed E-state index contributed by atoms with van der Waals surface area (Å²) in [6, 6.07) is 7.44. The highest BCUT2D eigenvalue weighted by Crippen LogP contribution is 2.09. The predicted octanol–water partition coefficient (Wildman–Crippen LogP) is 1.57. The molecule has 6 nitrogen and oxygen atoms in total. The summed E-state index contributed by atoms with van der Waals surface area (Å²) in [7, 11) is 1.84. The third-order valence-corrected chi connectivity index (χ3v) is 2.94. The fourth-order valence-electron chi connectivity index (χ4n) is 1.74. The Balaban J connectivity index is 1.90. The van der Waals surface area contributed by atoms with Crippen LogP contribution in [0, 0.1) is 0 Å². The number of nitrogens with zero attached hydrogens (tertiary/aromatic N) is 3. The third-order valence-electron chi connectivity index (χ3n) is 2.94. The van der Waals surface area contributed by atoms with Gasteiger partial charge >= 0.3 is 0 Å². The number of carbonyl (C=O) groups is 1. The fraction of sp³-hybridized carbons (Fsp3) is 0.357. The number of aryl methyl sites for hydroxylation is 1.